The average molecular weight is 290 g/mol. The second-order valence-corrected chi connectivity index (χ2v) is 6.33. The molecule has 2 aromatic rings. The van der Waals surface area contributed by atoms with Gasteiger partial charge >= 0.3 is 0 Å². The first-order valence-electron chi connectivity index (χ1n) is 6.44. The molecular weight excluding hydrogens is 272 g/mol. The van der Waals surface area contributed by atoms with Gasteiger partial charge in [0.15, 0.2) is 0 Å². The number of nitrogens with one attached hydrogen (secondary N) is 1. The Hall–Kier alpha value is -1.85. The summed E-state index contributed by atoms with van der Waals surface area (Å²) in [6, 6.07) is 14.0. The van der Waals surface area contributed by atoms with Crippen LogP contribution in [0, 0.1) is 0 Å². The van der Waals surface area contributed by atoms with Crippen LogP contribution in [0.2, 0.25) is 0 Å². The minimum absolute atomic E-state index is 0.219. The second kappa shape index (κ2) is 6.07. The lowest BCUT2D eigenvalue weighted by Gasteiger charge is -2.07. The molecule has 0 bridgehead atoms. The molecule has 0 atom stereocenters. The Kier molecular flexibility index (Phi) is 4.42. The molecule has 0 amide bonds. The summed E-state index contributed by atoms with van der Waals surface area (Å²) in [5.41, 5.74) is 8.25. The number of nitrogen functional groups attached to an aromatic ring is 1. The SMILES string of the molecule is CCc1ccc(CNS(=O)(=O)c2ccc(N)cc2)cc1. The van der Waals surface area contributed by atoms with Crippen molar-refractivity contribution < 1.29 is 8.42 Å². The predicted octanol–water partition coefficient (Wildman–Crippen LogP) is 2.31. The number of hydrogen-bond donors (Lipinski definition) is 2. The number of sulfonamides is 1. The Morgan fingerprint density at radius 1 is 0.950 bits per heavy atom. The number of rotatable bonds is 5. The van der Waals surface area contributed by atoms with Crippen molar-refractivity contribution in [3.05, 3.63) is 59.7 Å². The average Bonchev–Trinajstić information content (AvgIpc) is 2.46. The van der Waals surface area contributed by atoms with E-state index in [4.69, 9.17) is 5.73 Å². The molecule has 2 rings (SSSR count). The Labute approximate surface area is 119 Å². The zero-order valence-electron chi connectivity index (χ0n) is 11.3. The summed E-state index contributed by atoms with van der Waals surface area (Å²) >= 11 is 0. The van der Waals surface area contributed by atoms with Crippen LogP contribution in [-0.4, -0.2) is 8.42 Å². The maximum absolute atomic E-state index is 12.1. The van der Waals surface area contributed by atoms with Gasteiger partial charge in [-0.25, -0.2) is 13.1 Å². The molecule has 0 saturated carbocycles. The molecule has 0 aliphatic carbocycles. The van der Waals surface area contributed by atoms with Crippen molar-refractivity contribution in [2.45, 2.75) is 24.8 Å². The minimum atomic E-state index is -3.50. The van der Waals surface area contributed by atoms with Gasteiger partial charge in [0.1, 0.15) is 0 Å². The molecule has 0 aromatic heterocycles. The lowest BCUT2D eigenvalue weighted by Crippen LogP contribution is -2.23. The fraction of sp³-hybridized carbons (Fsp3) is 0.200. The fourth-order valence-corrected chi connectivity index (χ4v) is 2.82. The maximum Gasteiger partial charge on any atom is 0.240 e. The summed E-state index contributed by atoms with van der Waals surface area (Å²) in [5.74, 6) is 0. The first-order valence-corrected chi connectivity index (χ1v) is 7.92. The summed E-state index contributed by atoms with van der Waals surface area (Å²) in [6.07, 6.45) is 0.970. The van der Waals surface area contributed by atoms with Gasteiger partial charge in [0.05, 0.1) is 4.90 Å². The molecule has 0 fully saturated rings. The van der Waals surface area contributed by atoms with Gasteiger partial charge in [-0.05, 0) is 41.8 Å². The summed E-state index contributed by atoms with van der Waals surface area (Å²) in [5, 5.41) is 0. The molecule has 0 spiro atoms. The van der Waals surface area contributed by atoms with E-state index in [2.05, 4.69) is 11.6 Å². The highest BCUT2D eigenvalue weighted by atomic mass is 32.2. The van der Waals surface area contributed by atoms with E-state index in [9.17, 15) is 8.42 Å². The van der Waals surface area contributed by atoms with Gasteiger partial charge in [-0.3, -0.25) is 0 Å². The second-order valence-electron chi connectivity index (χ2n) is 4.56. The van der Waals surface area contributed by atoms with Crippen LogP contribution in [-0.2, 0) is 23.0 Å². The molecule has 4 nitrogen and oxygen atoms in total. The van der Waals surface area contributed by atoms with Crippen molar-refractivity contribution in [2.24, 2.45) is 0 Å². The van der Waals surface area contributed by atoms with E-state index in [1.807, 2.05) is 24.3 Å². The molecule has 20 heavy (non-hydrogen) atoms. The predicted molar refractivity (Wildman–Crippen MR) is 80.7 cm³/mol. The number of anilines is 1. The third-order valence-electron chi connectivity index (χ3n) is 3.09. The molecule has 0 heterocycles. The fourth-order valence-electron chi connectivity index (χ4n) is 1.80. The monoisotopic (exact) mass is 290 g/mol. The van der Waals surface area contributed by atoms with Crippen LogP contribution in [0.5, 0.6) is 0 Å². The highest BCUT2D eigenvalue weighted by molar-refractivity contribution is 7.89. The van der Waals surface area contributed by atoms with Crippen molar-refractivity contribution in [1.29, 1.82) is 0 Å². The van der Waals surface area contributed by atoms with Crippen LogP contribution >= 0.6 is 0 Å². The van der Waals surface area contributed by atoms with Crippen LogP contribution in [0.3, 0.4) is 0 Å². The third-order valence-corrected chi connectivity index (χ3v) is 4.51. The van der Waals surface area contributed by atoms with Crippen molar-refractivity contribution >= 4 is 15.7 Å². The van der Waals surface area contributed by atoms with Gasteiger partial charge in [0.2, 0.25) is 10.0 Å². The zero-order chi connectivity index (χ0) is 14.6. The van der Waals surface area contributed by atoms with Gasteiger partial charge in [-0.1, -0.05) is 31.2 Å². The standard InChI is InChI=1S/C15H18N2O2S/c1-2-12-3-5-13(6-4-12)11-17-20(18,19)15-9-7-14(16)8-10-15/h3-10,17H,2,11,16H2,1H3. The van der Waals surface area contributed by atoms with Crippen LogP contribution in [0.25, 0.3) is 0 Å². The molecule has 5 heteroatoms. The number of nitrogens with two attached hydrogens (primary N) is 1. The zero-order valence-corrected chi connectivity index (χ0v) is 12.2. The number of benzene rings is 2. The van der Waals surface area contributed by atoms with Crippen LogP contribution in [0.15, 0.2) is 53.4 Å². The Morgan fingerprint density at radius 2 is 1.50 bits per heavy atom. The highest BCUT2D eigenvalue weighted by Gasteiger charge is 2.12. The van der Waals surface area contributed by atoms with Crippen molar-refractivity contribution in [3.8, 4) is 0 Å². The number of aryl methyl sites for hydroxylation is 1. The molecule has 0 unspecified atom stereocenters. The van der Waals surface area contributed by atoms with Crippen molar-refractivity contribution in [1.82, 2.24) is 4.72 Å². The highest BCUT2D eigenvalue weighted by Crippen LogP contribution is 2.12. The van der Waals surface area contributed by atoms with E-state index in [0.717, 1.165) is 12.0 Å². The first kappa shape index (κ1) is 14.6. The molecule has 2 aromatic carbocycles. The summed E-state index contributed by atoms with van der Waals surface area (Å²) in [4.78, 5) is 0.219. The van der Waals surface area contributed by atoms with Crippen LogP contribution in [0.1, 0.15) is 18.1 Å². The Morgan fingerprint density at radius 3 is 2.05 bits per heavy atom. The van der Waals surface area contributed by atoms with Gasteiger partial charge in [0.25, 0.3) is 0 Å². The Balaban J connectivity index is 2.06. The molecular formula is C15H18N2O2S. The smallest absolute Gasteiger partial charge is 0.240 e. The van der Waals surface area contributed by atoms with Gasteiger partial charge in [-0.2, -0.15) is 0 Å². The molecule has 0 saturated heterocycles. The maximum atomic E-state index is 12.1. The molecule has 3 N–H and O–H groups in total. The summed E-state index contributed by atoms with van der Waals surface area (Å²) in [7, 11) is -3.50. The van der Waals surface area contributed by atoms with Crippen LogP contribution in [0.4, 0.5) is 5.69 Å². The molecule has 106 valence electrons. The molecule has 0 aliphatic heterocycles. The largest absolute Gasteiger partial charge is 0.399 e. The molecule has 0 radical (unpaired) electrons. The van der Waals surface area contributed by atoms with E-state index < -0.39 is 10.0 Å². The molecule has 0 aliphatic rings. The van der Waals surface area contributed by atoms with Gasteiger partial charge < -0.3 is 5.73 Å². The van der Waals surface area contributed by atoms with E-state index in [1.54, 1.807) is 12.1 Å². The Bertz CT molecular complexity index is 662. The van der Waals surface area contributed by atoms with Crippen molar-refractivity contribution in [3.63, 3.8) is 0 Å². The summed E-state index contributed by atoms with van der Waals surface area (Å²) in [6.45, 7) is 2.36. The third kappa shape index (κ3) is 3.59. The van der Waals surface area contributed by atoms with Crippen molar-refractivity contribution in [2.75, 3.05) is 5.73 Å². The van der Waals surface area contributed by atoms with E-state index in [1.165, 1.54) is 17.7 Å². The topological polar surface area (TPSA) is 72.2 Å². The quantitative estimate of drug-likeness (QED) is 0.830. The van der Waals surface area contributed by atoms with E-state index >= 15 is 0 Å². The first-order chi connectivity index (χ1) is 9.51. The van der Waals surface area contributed by atoms with Crippen LogP contribution < -0.4 is 10.5 Å². The van der Waals surface area contributed by atoms with E-state index in [-0.39, 0.29) is 11.4 Å². The van der Waals surface area contributed by atoms with E-state index in [0.29, 0.717) is 5.69 Å². The lowest BCUT2D eigenvalue weighted by atomic mass is 10.1. The minimum Gasteiger partial charge on any atom is -0.399 e. The van der Waals surface area contributed by atoms with Gasteiger partial charge in [0, 0.05) is 12.2 Å². The normalized spacial score (nSPS) is 11.4. The summed E-state index contributed by atoms with van der Waals surface area (Å²) < 4.78 is 26.8. The van der Waals surface area contributed by atoms with Gasteiger partial charge in [-0.15, -0.1) is 0 Å². The number of hydrogen-bond acceptors (Lipinski definition) is 3. The lowest BCUT2D eigenvalue weighted by molar-refractivity contribution is 0.581.